The minimum Gasteiger partial charge on any atom is -0.361 e. The number of aromatic amines is 1. The summed E-state index contributed by atoms with van der Waals surface area (Å²) in [4.78, 5) is 3.34. The minimum absolute atomic E-state index is 0.843. The normalized spacial score (nSPS) is 11.2. The Morgan fingerprint density at radius 2 is 1.61 bits per heavy atom. The molecule has 0 atom stereocenters. The molecule has 1 heterocycles. The van der Waals surface area contributed by atoms with E-state index in [2.05, 4.69) is 35.4 Å². The van der Waals surface area contributed by atoms with Gasteiger partial charge in [-0.15, -0.1) is 0 Å². The maximum absolute atomic E-state index is 5.48. The molecule has 0 bridgehead atoms. The van der Waals surface area contributed by atoms with E-state index in [1.807, 2.05) is 0 Å². The van der Waals surface area contributed by atoms with Crippen molar-refractivity contribution in [2.45, 2.75) is 44.9 Å². The molecule has 0 fully saturated rings. The number of para-hydroxylation sites is 1. The third kappa shape index (κ3) is 3.61. The number of nitrogens with one attached hydrogen (secondary N) is 1. The van der Waals surface area contributed by atoms with E-state index in [0.29, 0.717) is 0 Å². The standard InChI is InChI=1S/C16H24N2/c17-12-8-4-2-1-3-5-9-14-13-18-16-11-7-6-10-15(14)16/h6-7,10-11,13,18H,1-5,8-9,12,17H2. The lowest BCUT2D eigenvalue weighted by atomic mass is 10.0. The molecule has 1 aromatic carbocycles. The van der Waals surface area contributed by atoms with Gasteiger partial charge < -0.3 is 10.7 Å². The SMILES string of the molecule is NCCCCCCCCc1c[nH]c2ccccc12. The van der Waals surface area contributed by atoms with E-state index in [1.165, 1.54) is 61.4 Å². The third-order valence-electron chi connectivity index (χ3n) is 3.58. The van der Waals surface area contributed by atoms with Crippen LogP contribution in [0.1, 0.15) is 44.1 Å². The van der Waals surface area contributed by atoms with Gasteiger partial charge in [0, 0.05) is 17.1 Å². The van der Waals surface area contributed by atoms with Crippen LogP contribution < -0.4 is 5.73 Å². The van der Waals surface area contributed by atoms with Crippen LogP contribution in [0.3, 0.4) is 0 Å². The number of fused-ring (bicyclic) bond motifs is 1. The first-order valence-corrected chi connectivity index (χ1v) is 7.17. The second kappa shape index (κ2) is 7.22. The fraction of sp³-hybridized carbons (Fsp3) is 0.500. The molecule has 0 unspecified atom stereocenters. The Morgan fingerprint density at radius 1 is 0.889 bits per heavy atom. The summed E-state index contributed by atoms with van der Waals surface area (Å²) in [5.74, 6) is 0. The van der Waals surface area contributed by atoms with Gasteiger partial charge in [0.25, 0.3) is 0 Å². The number of hydrogen-bond acceptors (Lipinski definition) is 1. The summed E-state index contributed by atoms with van der Waals surface area (Å²) >= 11 is 0. The second-order valence-electron chi connectivity index (χ2n) is 5.02. The third-order valence-corrected chi connectivity index (χ3v) is 3.58. The average Bonchev–Trinajstić information content (AvgIpc) is 2.81. The molecule has 1 aromatic heterocycles. The maximum atomic E-state index is 5.48. The molecule has 0 amide bonds. The summed E-state index contributed by atoms with van der Waals surface area (Å²) in [6.07, 6.45) is 11.2. The van der Waals surface area contributed by atoms with Crippen molar-refractivity contribution < 1.29 is 0 Å². The van der Waals surface area contributed by atoms with E-state index in [-0.39, 0.29) is 0 Å². The molecular weight excluding hydrogens is 220 g/mol. The highest BCUT2D eigenvalue weighted by atomic mass is 14.7. The number of rotatable bonds is 8. The van der Waals surface area contributed by atoms with E-state index in [1.54, 1.807) is 0 Å². The number of H-pyrrole nitrogens is 1. The van der Waals surface area contributed by atoms with Crippen LogP contribution >= 0.6 is 0 Å². The summed E-state index contributed by atoms with van der Waals surface area (Å²) in [6.45, 7) is 0.843. The fourth-order valence-electron chi connectivity index (χ4n) is 2.51. The van der Waals surface area contributed by atoms with Gasteiger partial charge in [-0.25, -0.2) is 0 Å². The van der Waals surface area contributed by atoms with Gasteiger partial charge in [0.2, 0.25) is 0 Å². The highest BCUT2D eigenvalue weighted by Gasteiger charge is 2.01. The Labute approximate surface area is 110 Å². The molecule has 0 aliphatic carbocycles. The first kappa shape index (κ1) is 13.2. The van der Waals surface area contributed by atoms with Gasteiger partial charge in [-0.05, 0) is 37.4 Å². The van der Waals surface area contributed by atoms with Crippen LogP contribution in [0.5, 0.6) is 0 Å². The van der Waals surface area contributed by atoms with Crippen LogP contribution in [-0.2, 0) is 6.42 Å². The molecule has 0 aliphatic heterocycles. The van der Waals surface area contributed by atoms with Crippen molar-refractivity contribution in [3.05, 3.63) is 36.0 Å². The molecule has 0 aliphatic rings. The average molecular weight is 244 g/mol. The molecule has 3 N–H and O–H groups in total. The van der Waals surface area contributed by atoms with Gasteiger partial charge >= 0.3 is 0 Å². The van der Waals surface area contributed by atoms with E-state index < -0.39 is 0 Å². The monoisotopic (exact) mass is 244 g/mol. The van der Waals surface area contributed by atoms with Crippen molar-refractivity contribution in [3.8, 4) is 0 Å². The van der Waals surface area contributed by atoms with Crippen LogP contribution in [0.25, 0.3) is 10.9 Å². The molecular formula is C16H24N2. The van der Waals surface area contributed by atoms with E-state index in [4.69, 9.17) is 5.73 Å². The van der Waals surface area contributed by atoms with Crippen molar-refractivity contribution in [2.24, 2.45) is 5.73 Å². The number of nitrogens with two attached hydrogens (primary N) is 1. The van der Waals surface area contributed by atoms with E-state index in [0.717, 1.165) is 6.54 Å². The van der Waals surface area contributed by atoms with Gasteiger partial charge in [0.05, 0.1) is 0 Å². The largest absolute Gasteiger partial charge is 0.361 e. The zero-order valence-electron chi connectivity index (χ0n) is 11.1. The molecule has 2 aromatic rings. The lowest BCUT2D eigenvalue weighted by Gasteiger charge is -2.01. The van der Waals surface area contributed by atoms with Crippen LogP contribution in [0, 0.1) is 0 Å². The Morgan fingerprint density at radius 3 is 2.44 bits per heavy atom. The number of aryl methyl sites for hydroxylation is 1. The van der Waals surface area contributed by atoms with Gasteiger partial charge in [0.15, 0.2) is 0 Å². The zero-order chi connectivity index (χ0) is 12.6. The fourth-order valence-corrected chi connectivity index (χ4v) is 2.51. The van der Waals surface area contributed by atoms with Crippen molar-refractivity contribution in [2.75, 3.05) is 6.54 Å². The summed E-state index contributed by atoms with van der Waals surface area (Å²) in [5.41, 5.74) is 8.21. The van der Waals surface area contributed by atoms with Crippen LogP contribution in [-0.4, -0.2) is 11.5 Å². The Kier molecular flexibility index (Phi) is 5.28. The van der Waals surface area contributed by atoms with E-state index in [9.17, 15) is 0 Å². The molecule has 0 saturated carbocycles. The highest BCUT2D eigenvalue weighted by molar-refractivity contribution is 5.82. The van der Waals surface area contributed by atoms with E-state index >= 15 is 0 Å². The number of benzene rings is 1. The number of hydrogen-bond donors (Lipinski definition) is 2. The van der Waals surface area contributed by atoms with Crippen molar-refractivity contribution in [3.63, 3.8) is 0 Å². The van der Waals surface area contributed by atoms with Gasteiger partial charge in [-0.1, -0.05) is 43.9 Å². The Hall–Kier alpha value is -1.28. The van der Waals surface area contributed by atoms with Crippen LogP contribution in [0.15, 0.2) is 30.5 Å². The highest BCUT2D eigenvalue weighted by Crippen LogP contribution is 2.20. The minimum atomic E-state index is 0.843. The Bertz CT molecular complexity index is 459. The molecule has 0 saturated heterocycles. The van der Waals surface area contributed by atoms with Gasteiger partial charge in [-0.2, -0.15) is 0 Å². The second-order valence-corrected chi connectivity index (χ2v) is 5.02. The zero-order valence-corrected chi connectivity index (χ0v) is 11.1. The van der Waals surface area contributed by atoms with Crippen molar-refractivity contribution >= 4 is 10.9 Å². The molecule has 2 heteroatoms. The van der Waals surface area contributed by atoms with Gasteiger partial charge in [0.1, 0.15) is 0 Å². The van der Waals surface area contributed by atoms with Crippen molar-refractivity contribution in [1.82, 2.24) is 4.98 Å². The number of aromatic nitrogens is 1. The Balaban J connectivity index is 1.70. The lowest BCUT2D eigenvalue weighted by molar-refractivity contribution is 0.598. The first-order chi connectivity index (χ1) is 8.92. The van der Waals surface area contributed by atoms with Crippen LogP contribution in [0.2, 0.25) is 0 Å². The molecule has 2 rings (SSSR count). The molecule has 18 heavy (non-hydrogen) atoms. The molecule has 0 spiro atoms. The van der Waals surface area contributed by atoms with Crippen LogP contribution in [0.4, 0.5) is 0 Å². The summed E-state index contributed by atoms with van der Waals surface area (Å²) < 4.78 is 0. The summed E-state index contributed by atoms with van der Waals surface area (Å²) in [7, 11) is 0. The van der Waals surface area contributed by atoms with Crippen molar-refractivity contribution in [1.29, 1.82) is 0 Å². The maximum Gasteiger partial charge on any atom is 0.0456 e. The molecule has 0 radical (unpaired) electrons. The lowest BCUT2D eigenvalue weighted by Crippen LogP contribution is -1.97. The molecule has 2 nitrogen and oxygen atoms in total. The number of unbranched alkanes of at least 4 members (excludes halogenated alkanes) is 5. The quantitative estimate of drug-likeness (QED) is 0.677. The predicted octanol–water partition coefficient (Wildman–Crippen LogP) is 4.01. The summed E-state index contributed by atoms with van der Waals surface area (Å²) in [5, 5.41) is 1.39. The predicted molar refractivity (Wildman–Crippen MR) is 78.8 cm³/mol. The van der Waals surface area contributed by atoms with Gasteiger partial charge in [-0.3, -0.25) is 0 Å². The topological polar surface area (TPSA) is 41.8 Å². The first-order valence-electron chi connectivity index (χ1n) is 7.17. The smallest absolute Gasteiger partial charge is 0.0456 e. The molecule has 98 valence electrons. The summed E-state index contributed by atoms with van der Waals surface area (Å²) in [6, 6.07) is 8.56.